The van der Waals surface area contributed by atoms with Crippen molar-refractivity contribution in [3.05, 3.63) is 58.8 Å². The van der Waals surface area contributed by atoms with E-state index in [1.165, 1.54) is 0 Å². The molecule has 3 rings (SSSR count). The third kappa shape index (κ3) is 3.39. The van der Waals surface area contributed by atoms with Crippen molar-refractivity contribution in [2.45, 2.75) is 6.92 Å². The summed E-state index contributed by atoms with van der Waals surface area (Å²) in [6, 6.07) is 10.9. The van der Waals surface area contributed by atoms with Gasteiger partial charge in [-0.2, -0.15) is 0 Å². The van der Waals surface area contributed by atoms with Crippen LogP contribution in [0.3, 0.4) is 0 Å². The van der Waals surface area contributed by atoms with Crippen molar-refractivity contribution in [3.63, 3.8) is 0 Å². The Kier molecular flexibility index (Phi) is 4.93. The van der Waals surface area contributed by atoms with Crippen molar-refractivity contribution in [2.24, 2.45) is 4.99 Å². The summed E-state index contributed by atoms with van der Waals surface area (Å²) in [5, 5.41) is 0. The third-order valence-corrected chi connectivity index (χ3v) is 3.93. The second-order valence-electron chi connectivity index (χ2n) is 5.65. The van der Waals surface area contributed by atoms with Gasteiger partial charge in [-0.1, -0.05) is 11.6 Å². The van der Waals surface area contributed by atoms with Gasteiger partial charge < -0.3 is 18.9 Å². The average Bonchev–Trinajstić information content (AvgIpc) is 3.02. The van der Waals surface area contributed by atoms with Crippen molar-refractivity contribution < 1.29 is 23.7 Å². The zero-order valence-electron chi connectivity index (χ0n) is 15.0. The number of carbonyl (C=O) groups is 1. The molecule has 0 amide bonds. The van der Waals surface area contributed by atoms with E-state index in [0.717, 1.165) is 11.1 Å². The number of nitrogens with zero attached hydrogens (tertiary/aromatic N) is 1. The largest absolute Gasteiger partial charge is 0.496 e. The molecule has 0 atom stereocenters. The van der Waals surface area contributed by atoms with Crippen molar-refractivity contribution in [3.8, 4) is 17.2 Å². The Morgan fingerprint density at radius 3 is 2.31 bits per heavy atom. The lowest BCUT2D eigenvalue weighted by molar-refractivity contribution is -0.129. The Bertz CT molecular complexity index is 914. The number of ether oxygens (including phenoxy) is 4. The van der Waals surface area contributed by atoms with E-state index < -0.39 is 5.97 Å². The molecule has 0 aromatic heterocycles. The van der Waals surface area contributed by atoms with Gasteiger partial charge in [-0.3, -0.25) is 0 Å². The number of aliphatic imine (C=N–C) groups is 1. The first-order valence-corrected chi connectivity index (χ1v) is 7.95. The Morgan fingerprint density at radius 2 is 1.62 bits per heavy atom. The number of benzene rings is 2. The average molecular weight is 353 g/mol. The van der Waals surface area contributed by atoms with Crippen LogP contribution in [-0.2, 0) is 9.53 Å². The summed E-state index contributed by atoms with van der Waals surface area (Å²) in [5.41, 5.74) is 2.64. The molecule has 6 nitrogen and oxygen atoms in total. The minimum absolute atomic E-state index is 0.207. The maximum absolute atomic E-state index is 12.2. The Labute approximate surface area is 151 Å². The summed E-state index contributed by atoms with van der Waals surface area (Å²) in [6.45, 7) is 1.97. The summed E-state index contributed by atoms with van der Waals surface area (Å²) in [4.78, 5) is 16.5. The van der Waals surface area contributed by atoms with Crippen LogP contribution in [0.2, 0.25) is 0 Å². The van der Waals surface area contributed by atoms with Gasteiger partial charge >= 0.3 is 5.97 Å². The lowest BCUT2D eigenvalue weighted by Gasteiger charge is -2.08. The van der Waals surface area contributed by atoms with E-state index in [2.05, 4.69) is 4.99 Å². The van der Waals surface area contributed by atoms with Gasteiger partial charge in [0.05, 0.1) is 21.3 Å². The van der Waals surface area contributed by atoms with Gasteiger partial charge in [0.25, 0.3) is 0 Å². The van der Waals surface area contributed by atoms with E-state index in [-0.39, 0.29) is 11.6 Å². The molecule has 0 saturated carbocycles. The van der Waals surface area contributed by atoms with Crippen LogP contribution in [0.5, 0.6) is 17.2 Å². The number of hydrogen-bond acceptors (Lipinski definition) is 6. The number of carbonyl (C=O) groups excluding carboxylic acids is 1. The number of hydrogen-bond donors (Lipinski definition) is 0. The highest BCUT2D eigenvalue weighted by molar-refractivity contribution is 6.13. The fourth-order valence-electron chi connectivity index (χ4n) is 2.62. The van der Waals surface area contributed by atoms with Gasteiger partial charge in [-0.15, -0.1) is 0 Å². The summed E-state index contributed by atoms with van der Waals surface area (Å²) in [7, 11) is 4.68. The predicted octanol–water partition coefficient (Wildman–Crippen LogP) is 3.37. The van der Waals surface area contributed by atoms with E-state index in [9.17, 15) is 4.79 Å². The van der Waals surface area contributed by atoms with Gasteiger partial charge in [0.1, 0.15) is 5.75 Å². The highest BCUT2D eigenvalue weighted by Gasteiger charge is 2.25. The maximum Gasteiger partial charge on any atom is 0.363 e. The SMILES string of the molecule is COc1ccc(C)cc1/C=C1\N=C(c2ccc(OC)c(OC)c2)OC1=O. The number of methoxy groups -OCH3 is 3. The van der Waals surface area contributed by atoms with Gasteiger partial charge in [0.15, 0.2) is 17.2 Å². The zero-order valence-corrected chi connectivity index (χ0v) is 15.0. The lowest BCUT2D eigenvalue weighted by atomic mass is 10.1. The van der Waals surface area contributed by atoms with E-state index in [0.29, 0.717) is 22.8 Å². The molecular formula is C20H19NO5. The fraction of sp³-hybridized carbons (Fsp3) is 0.200. The smallest absolute Gasteiger partial charge is 0.363 e. The molecule has 0 aliphatic carbocycles. The Morgan fingerprint density at radius 1 is 0.923 bits per heavy atom. The van der Waals surface area contributed by atoms with Crippen LogP contribution < -0.4 is 14.2 Å². The van der Waals surface area contributed by atoms with Gasteiger partial charge in [-0.05, 0) is 43.3 Å². The van der Waals surface area contributed by atoms with Crippen LogP contribution in [0.25, 0.3) is 6.08 Å². The molecule has 1 heterocycles. The molecule has 0 bridgehead atoms. The lowest BCUT2D eigenvalue weighted by Crippen LogP contribution is -2.06. The molecule has 26 heavy (non-hydrogen) atoms. The second kappa shape index (κ2) is 7.31. The quantitative estimate of drug-likeness (QED) is 0.609. The Hall–Kier alpha value is -3.28. The Balaban J connectivity index is 1.98. The van der Waals surface area contributed by atoms with Crippen molar-refractivity contribution >= 4 is 17.9 Å². The maximum atomic E-state index is 12.2. The van der Waals surface area contributed by atoms with Gasteiger partial charge in [-0.25, -0.2) is 9.79 Å². The summed E-state index contributed by atoms with van der Waals surface area (Å²) < 4.78 is 21.1. The normalized spacial score (nSPS) is 14.8. The van der Waals surface area contributed by atoms with Gasteiger partial charge in [0.2, 0.25) is 5.90 Å². The van der Waals surface area contributed by atoms with Crippen LogP contribution in [-0.4, -0.2) is 33.2 Å². The molecule has 0 unspecified atom stereocenters. The number of rotatable bonds is 5. The number of esters is 1. The molecule has 1 aliphatic rings. The van der Waals surface area contributed by atoms with Crippen LogP contribution in [0.15, 0.2) is 47.1 Å². The van der Waals surface area contributed by atoms with Crippen LogP contribution in [0.4, 0.5) is 0 Å². The van der Waals surface area contributed by atoms with E-state index in [1.54, 1.807) is 45.6 Å². The van der Waals surface area contributed by atoms with Crippen molar-refractivity contribution in [1.82, 2.24) is 0 Å². The van der Waals surface area contributed by atoms with Crippen molar-refractivity contribution in [1.29, 1.82) is 0 Å². The molecule has 0 spiro atoms. The number of aryl methyl sites for hydroxylation is 1. The highest BCUT2D eigenvalue weighted by atomic mass is 16.6. The summed E-state index contributed by atoms with van der Waals surface area (Å²) >= 11 is 0. The fourth-order valence-corrected chi connectivity index (χ4v) is 2.62. The molecule has 0 fully saturated rings. The number of cyclic esters (lactones) is 1. The predicted molar refractivity (Wildman–Crippen MR) is 97.9 cm³/mol. The molecular weight excluding hydrogens is 334 g/mol. The second-order valence-corrected chi connectivity index (χ2v) is 5.65. The molecule has 1 aliphatic heterocycles. The molecule has 134 valence electrons. The van der Waals surface area contributed by atoms with Crippen LogP contribution in [0, 0.1) is 6.92 Å². The third-order valence-electron chi connectivity index (χ3n) is 3.93. The van der Waals surface area contributed by atoms with E-state index >= 15 is 0 Å². The minimum Gasteiger partial charge on any atom is -0.496 e. The minimum atomic E-state index is -0.515. The topological polar surface area (TPSA) is 66.3 Å². The molecule has 0 saturated heterocycles. The van der Waals surface area contributed by atoms with Crippen LogP contribution in [0.1, 0.15) is 16.7 Å². The first kappa shape index (κ1) is 17.5. The first-order valence-electron chi connectivity index (χ1n) is 7.95. The van der Waals surface area contributed by atoms with Gasteiger partial charge in [0, 0.05) is 11.1 Å². The molecule has 6 heteroatoms. The zero-order chi connectivity index (χ0) is 18.7. The summed E-state index contributed by atoms with van der Waals surface area (Å²) in [5.74, 6) is 1.47. The molecule has 2 aromatic rings. The molecule has 2 aromatic carbocycles. The highest BCUT2D eigenvalue weighted by Crippen LogP contribution is 2.30. The van der Waals surface area contributed by atoms with E-state index in [4.69, 9.17) is 18.9 Å². The summed E-state index contributed by atoms with van der Waals surface area (Å²) in [6.07, 6.45) is 1.65. The van der Waals surface area contributed by atoms with Crippen LogP contribution >= 0.6 is 0 Å². The monoisotopic (exact) mass is 353 g/mol. The van der Waals surface area contributed by atoms with Crippen molar-refractivity contribution in [2.75, 3.05) is 21.3 Å². The van der Waals surface area contributed by atoms with E-state index in [1.807, 2.05) is 25.1 Å². The molecule has 0 N–H and O–H groups in total. The first-order chi connectivity index (χ1) is 12.5. The standard InChI is InChI=1S/C20H19NO5/c1-12-5-7-16(23-2)14(9-12)10-15-20(22)26-19(21-15)13-6-8-17(24-3)18(11-13)25-4/h5-11H,1-4H3/b15-10-. The molecule has 0 radical (unpaired) electrons.